The minimum atomic E-state index is -0.802. The van der Waals surface area contributed by atoms with Crippen molar-refractivity contribution < 1.29 is 14.6 Å². The van der Waals surface area contributed by atoms with Gasteiger partial charge in [-0.1, -0.05) is 30.3 Å². The molecule has 1 aliphatic rings. The van der Waals surface area contributed by atoms with E-state index in [9.17, 15) is 4.79 Å². The predicted molar refractivity (Wildman–Crippen MR) is 46.3 cm³/mol. The van der Waals surface area contributed by atoms with Crippen molar-refractivity contribution in [2.75, 3.05) is 0 Å². The summed E-state index contributed by atoms with van der Waals surface area (Å²) in [6.07, 6.45) is -0.0308. The van der Waals surface area contributed by atoms with Gasteiger partial charge < -0.3 is 9.84 Å². The molecule has 0 bridgehead atoms. The van der Waals surface area contributed by atoms with Gasteiger partial charge in [0.05, 0.1) is 12.5 Å². The van der Waals surface area contributed by atoms with Crippen LogP contribution in [0.4, 0.5) is 0 Å². The lowest BCUT2D eigenvalue weighted by Crippen LogP contribution is -2.00. The summed E-state index contributed by atoms with van der Waals surface area (Å²) in [6, 6.07) is 9.68. The number of ether oxygens (including phenoxy) is 1. The summed E-state index contributed by atoms with van der Waals surface area (Å²) >= 11 is 0. The SMILES string of the molecule is O=C(O)C[C@H]1O[C@H]1c1ccccc1. The van der Waals surface area contributed by atoms with Crippen LogP contribution in [0.25, 0.3) is 0 Å². The number of carbonyl (C=O) groups is 1. The Balaban J connectivity index is 1.97. The molecule has 1 saturated heterocycles. The van der Waals surface area contributed by atoms with E-state index in [1.165, 1.54) is 0 Å². The summed E-state index contributed by atoms with van der Waals surface area (Å²) in [5.41, 5.74) is 1.06. The summed E-state index contributed by atoms with van der Waals surface area (Å²) in [7, 11) is 0. The third kappa shape index (κ3) is 1.87. The molecule has 3 nitrogen and oxygen atoms in total. The van der Waals surface area contributed by atoms with E-state index in [0.29, 0.717) is 0 Å². The molecule has 1 aromatic carbocycles. The average molecular weight is 178 g/mol. The molecule has 1 N–H and O–H groups in total. The second-order valence-electron chi connectivity index (χ2n) is 3.10. The van der Waals surface area contributed by atoms with Crippen molar-refractivity contribution in [1.29, 1.82) is 0 Å². The smallest absolute Gasteiger partial charge is 0.306 e. The molecule has 1 heterocycles. The fourth-order valence-electron chi connectivity index (χ4n) is 1.41. The Morgan fingerprint density at radius 3 is 2.69 bits per heavy atom. The second kappa shape index (κ2) is 3.18. The first-order valence-corrected chi connectivity index (χ1v) is 4.19. The molecule has 0 radical (unpaired) electrons. The van der Waals surface area contributed by atoms with Gasteiger partial charge >= 0.3 is 5.97 Å². The number of rotatable bonds is 3. The number of aliphatic carboxylic acids is 1. The fraction of sp³-hybridized carbons (Fsp3) is 0.300. The van der Waals surface area contributed by atoms with E-state index in [1.54, 1.807) is 0 Å². The molecule has 0 saturated carbocycles. The molecule has 3 heteroatoms. The third-order valence-corrected chi connectivity index (χ3v) is 2.09. The Morgan fingerprint density at radius 2 is 2.08 bits per heavy atom. The maximum absolute atomic E-state index is 10.3. The molecular weight excluding hydrogens is 168 g/mol. The highest BCUT2D eigenvalue weighted by Gasteiger charge is 2.41. The molecule has 13 heavy (non-hydrogen) atoms. The van der Waals surface area contributed by atoms with Crippen LogP contribution in [0.1, 0.15) is 18.1 Å². The predicted octanol–water partition coefficient (Wildman–Crippen LogP) is 1.60. The van der Waals surface area contributed by atoms with E-state index in [1.807, 2.05) is 30.3 Å². The van der Waals surface area contributed by atoms with Crippen LogP contribution >= 0.6 is 0 Å². The zero-order valence-electron chi connectivity index (χ0n) is 7.01. The molecule has 2 atom stereocenters. The van der Waals surface area contributed by atoms with Gasteiger partial charge in [-0.2, -0.15) is 0 Å². The maximum Gasteiger partial charge on any atom is 0.306 e. The first-order valence-electron chi connectivity index (χ1n) is 4.19. The van der Waals surface area contributed by atoms with E-state index in [2.05, 4.69) is 0 Å². The fourth-order valence-corrected chi connectivity index (χ4v) is 1.41. The monoisotopic (exact) mass is 178 g/mol. The van der Waals surface area contributed by atoms with Gasteiger partial charge in [-0.05, 0) is 5.56 Å². The lowest BCUT2D eigenvalue weighted by molar-refractivity contribution is -0.137. The Bertz CT molecular complexity index is 307. The minimum absolute atomic E-state index is 0.00250. The highest BCUT2D eigenvalue weighted by Crippen LogP contribution is 2.40. The van der Waals surface area contributed by atoms with Crippen LogP contribution in [0.5, 0.6) is 0 Å². The van der Waals surface area contributed by atoms with Gasteiger partial charge in [0.1, 0.15) is 6.10 Å². The molecule has 1 aliphatic heterocycles. The number of hydrogen-bond donors (Lipinski definition) is 1. The highest BCUT2D eigenvalue weighted by molar-refractivity contribution is 5.68. The Kier molecular flexibility index (Phi) is 2.02. The van der Waals surface area contributed by atoms with E-state index in [-0.39, 0.29) is 18.6 Å². The third-order valence-electron chi connectivity index (χ3n) is 2.09. The van der Waals surface area contributed by atoms with Crippen LogP contribution in [0, 0.1) is 0 Å². The van der Waals surface area contributed by atoms with Gasteiger partial charge in [0, 0.05) is 0 Å². The zero-order valence-corrected chi connectivity index (χ0v) is 7.01. The number of hydrogen-bond acceptors (Lipinski definition) is 2. The molecule has 1 fully saturated rings. The number of benzene rings is 1. The molecule has 0 spiro atoms. The highest BCUT2D eigenvalue weighted by atomic mass is 16.6. The number of epoxide rings is 1. The Labute approximate surface area is 76.0 Å². The Morgan fingerprint density at radius 1 is 1.38 bits per heavy atom. The average Bonchev–Trinajstić information content (AvgIpc) is 2.84. The quantitative estimate of drug-likeness (QED) is 0.715. The lowest BCUT2D eigenvalue weighted by Gasteiger charge is -1.92. The maximum atomic E-state index is 10.3. The van der Waals surface area contributed by atoms with E-state index < -0.39 is 5.97 Å². The van der Waals surface area contributed by atoms with Crippen LogP contribution in [-0.4, -0.2) is 17.2 Å². The summed E-state index contributed by atoms with van der Waals surface area (Å²) < 4.78 is 5.23. The summed E-state index contributed by atoms with van der Waals surface area (Å²) in [5, 5.41) is 8.51. The van der Waals surface area contributed by atoms with Crippen LogP contribution < -0.4 is 0 Å². The van der Waals surface area contributed by atoms with Crippen LogP contribution in [-0.2, 0) is 9.53 Å². The molecule has 0 aromatic heterocycles. The topological polar surface area (TPSA) is 49.8 Å². The van der Waals surface area contributed by atoms with Crippen molar-refractivity contribution in [1.82, 2.24) is 0 Å². The van der Waals surface area contributed by atoms with Gasteiger partial charge in [-0.25, -0.2) is 0 Å². The van der Waals surface area contributed by atoms with Gasteiger partial charge in [0.25, 0.3) is 0 Å². The van der Waals surface area contributed by atoms with Gasteiger partial charge in [0.15, 0.2) is 0 Å². The number of carboxylic acids is 1. The van der Waals surface area contributed by atoms with Crippen molar-refractivity contribution in [2.24, 2.45) is 0 Å². The summed E-state index contributed by atoms with van der Waals surface area (Å²) in [5.74, 6) is -0.802. The molecule has 0 amide bonds. The van der Waals surface area contributed by atoms with Crippen molar-refractivity contribution >= 4 is 5.97 Å². The van der Waals surface area contributed by atoms with E-state index >= 15 is 0 Å². The normalized spacial score (nSPS) is 25.5. The largest absolute Gasteiger partial charge is 0.481 e. The summed E-state index contributed by atoms with van der Waals surface area (Å²) in [4.78, 5) is 10.3. The van der Waals surface area contributed by atoms with Crippen molar-refractivity contribution in [3.05, 3.63) is 35.9 Å². The van der Waals surface area contributed by atoms with Gasteiger partial charge in [-0.3, -0.25) is 4.79 Å². The molecule has 1 aromatic rings. The molecule has 68 valence electrons. The lowest BCUT2D eigenvalue weighted by atomic mass is 10.1. The second-order valence-corrected chi connectivity index (χ2v) is 3.10. The van der Waals surface area contributed by atoms with Gasteiger partial charge in [0.2, 0.25) is 0 Å². The van der Waals surface area contributed by atoms with E-state index in [4.69, 9.17) is 9.84 Å². The van der Waals surface area contributed by atoms with Crippen molar-refractivity contribution in [3.8, 4) is 0 Å². The van der Waals surface area contributed by atoms with Crippen LogP contribution in [0.3, 0.4) is 0 Å². The van der Waals surface area contributed by atoms with Crippen LogP contribution in [0.15, 0.2) is 30.3 Å². The standard InChI is InChI=1S/C10H10O3/c11-9(12)6-8-10(13-8)7-4-2-1-3-5-7/h1-5,8,10H,6H2,(H,11,12)/t8-,10+/m1/s1. The number of carboxylic acid groups (broad SMARTS) is 1. The minimum Gasteiger partial charge on any atom is -0.481 e. The molecule has 0 unspecified atom stereocenters. The first-order chi connectivity index (χ1) is 6.27. The first kappa shape index (κ1) is 8.26. The zero-order chi connectivity index (χ0) is 9.26. The molecule has 2 rings (SSSR count). The molecule has 0 aliphatic carbocycles. The molecular formula is C10H10O3. The van der Waals surface area contributed by atoms with Gasteiger partial charge in [-0.15, -0.1) is 0 Å². The van der Waals surface area contributed by atoms with E-state index in [0.717, 1.165) is 5.56 Å². The Hall–Kier alpha value is -1.35. The summed E-state index contributed by atoms with van der Waals surface area (Å²) in [6.45, 7) is 0. The van der Waals surface area contributed by atoms with Crippen molar-refractivity contribution in [3.63, 3.8) is 0 Å². The van der Waals surface area contributed by atoms with Crippen LogP contribution in [0.2, 0.25) is 0 Å². The van der Waals surface area contributed by atoms with Crippen molar-refractivity contribution in [2.45, 2.75) is 18.6 Å².